The molecule has 0 aliphatic rings. The number of rotatable bonds is 2. The Labute approximate surface area is 192 Å². The van der Waals surface area contributed by atoms with Gasteiger partial charge in [0.15, 0.2) is 0 Å². The average Bonchev–Trinajstić information content (AvgIpc) is 2.53. The summed E-state index contributed by atoms with van der Waals surface area (Å²) in [4.78, 5) is 0. The minimum absolute atomic E-state index is 0.0291. The third-order valence-electron chi connectivity index (χ3n) is 6.43. The zero-order chi connectivity index (χ0) is 24.2. The van der Waals surface area contributed by atoms with Crippen molar-refractivity contribution < 1.29 is 5.11 Å². The summed E-state index contributed by atoms with van der Waals surface area (Å²) in [7, 11) is 0. The summed E-state index contributed by atoms with van der Waals surface area (Å²) in [6, 6.07) is 9.19. The minimum Gasteiger partial charge on any atom is -0.507 e. The van der Waals surface area contributed by atoms with Crippen molar-refractivity contribution in [2.45, 2.75) is 118 Å². The van der Waals surface area contributed by atoms with Gasteiger partial charge in [0.05, 0.1) is 0 Å². The molecule has 0 heterocycles. The SMILES string of the molecule is Cc1c(Cc2cc(C(C)(C)C)cc(C(C)(C)C)c2O)cc(C(C)(C)C)cc1C(C)(C)C. The maximum Gasteiger partial charge on any atom is 0.122 e. The largest absolute Gasteiger partial charge is 0.507 e. The summed E-state index contributed by atoms with van der Waals surface area (Å²) >= 11 is 0. The first-order chi connectivity index (χ1) is 13.7. The molecule has 0 aromatic heterocycles. The van der Waals surface area contributed by atoms with E-state index in [0.717, 1.165) is 17.5 Å². The lowest BCUT2D eigenvalue weighted by molar-refractivity contribution is 0.439. The molecule has 0 unspecified atom stereocenters. The van der Waals surface area contributed by atoms with Gasteiger partial charge in [0.25, 0.3) is 0 Å². The van der Waals surface area contributed by atoms with Crippen LogP contribution in [0.25, 0.3) is 0 Å². The zero-order valence-corrected chi connectivity index (χ0v) is 22.5. The molecule has 2 aromatic rings. The third kappa shape index (κ3) is 5.73. The van der Waals surface area contributed by atoms with E-state index in [0.29, 0.717) is 5.75 Å². The van der Waals surface area contributed by atoms with Crippen molar-refractivity contribution in [1.82, 2.24) is 0 Å². The fourth-order valence-electron chi connectivity index (χ4n) is 4.21. The van der Waals surface area contributed by atoms with Gasteiger partial charge in [-0.1, -0.05) is 107 Å². The van der Waals surface area contributed by atoms with Crippen molar-refractivity contribution in [2.24, 2.45) is 0 Å². The molecular formula is C30H46O. The van der Waals surface area contributed by atoms with Crippen LogP contribution in [0.1, 0.15) is 122 Å². The van der Waals surface area contributed by atoms with Gasteiger partial charge in [0.1, 0.15) is 5.75 Å². The summed E-state index contributed by atoms with van der Waals surface area (Å²) in [5, 5.41) is 11.3. The highest BCUT2D eigenvalue weighted by molar-refractivity contribution is 5.52. The molecule has 0 bridgehead atoms. The molecule has 2 aromatic carbocycles. The van der Waals surface area contributed by atoms with E-state index >= 15 is 0 Å². The van der Waals surface area contributed by atoms with Gasteiger partial charge >= 0.3 is 0 Å². The van der Waals surface area contributed by atoms with Crippen molar-refractivity contribution in [2.75, 3.05) is 0 Å². The van der Waals surface area contributed by atoms with Gasteiger partial charge in [-0.15, -0.1) is 0 Å². The molecule has 1 nitrogen and oxygen atoms in total. The van der Waals surface area contributed by atoms with E-state index in [1.807, 2.05) is 0 Å². The monoisotopic (exact) mass is 422 g/mol. The van der Waals surface area contributed by atoms with Gasteiger partial charge in [0.2, 0.25) is 0 Å². The van der Waals surface area contributed by atoms with Gasteiger partial charge in [-0.2, -0.15) is 0 Å². The summed E-state index contributed by atoms with van der Waals surface area (Å²) < 4.78 is 0. The number of phenolic OH excluding ortho intramolecular Hbond substituents is 1. The second-order valence-electron chi connectivity index (χ2n) is 13.5. The third-order valence-corrected chi connectivity index (χ3v) is 6.43. The van der Waals surface area contributed by atoms with E-state index in [1.54, 1.807) is 0 Å². The summed E-state index contributed by atoms with van der Waals surface area (Å²) in [6.07, 6.45) is 0.748. The fourth-order valence-corrected chi connectivity index (χ4v) is 4.21. The standard InChI is InChI=1S/C30H46O/c1-19-20(15-22(27(2,3)4)17-24(19)29(8,9)10)14-21-16-23(28(5,6)7)18-25(26(21)31)30(11,12)13/h15-18,31H,14H2,1-13H3. The van der Waals surface area contributed by atoms with Gasteiger partial charge in [-0.3, -0.25) is 0 Å². The molecule has 0 atom stereocenters. The topological polar surface area (TPSA) is 20.2 Å². The quantitative estimate of drug-likeness (QED) is 0.514. The molecule has 1 heteroatoms. The Kier molecular flexibility index (Phi) is 6.57. The lowest BCUT2D eigenvalue weighted by atomic mass is 9.75. The van der Waals surface area contributed by atoms with Crippen molar-refractivity contribution >= 4 is 0 Å². The van der Waals surface area contributed by atoms with Crippen LogP contribution in [0.5, 0.6) is 5.75 Å². The lowest BCUT2D eigenvalue weighted by Gasteiger charge is -2.30. The molecule has 172 valence electrons. The van der Waals surface area contributed by atoms with E-state index in [2.05, 4.69) is 114 Å². The zero-order valence-electron chi connectivity index (χ0n) is 22.5. The highest BCUT2D eigenvalue weighted by Gasteiger charge is 2.27. The van der Waals surface area contributed by atoms with Crippen LogP contribution < -0.4 is 0 Å². The van der Waals surface area contributed by atoms with Crippen molar-refractivity contribution in [1.29, 1.82) is 0 Å². The van der Waals surface area contributed by atoms with E-state index in [-0.39, 0.29) is 21.7 Å². The average molecular weight is 423 g/mol. The molecule has 0 fully saturated rings. The van der Waals surface area contributed by atoms with Crippen molar-refractivity contribution in [3.63, 3.8) is 0 Å². The van der Waals surface area contributed by atoms with Crippen LogP contribution in [0.2, 0.25) is 0 Å². The number of hydrogen-bond donors (Lipinski definition) is 1. The molecule has 0 aliphatic heterocycles. The molecular weight excluding hydrogens is 376 g/mol. The summed E-state index contributed by atoms with van der Waals surface area (Å²) in [6.45, 7) is 29.3. The van der Waals surface area contributed by atoms with Crippen molar-refractivity contribution in [3.8, 4) is 5.75 Å². The second kappa shape index (κ2) is 7.98. The number of hydrogen-bond acceptors (Lipinski definition) is 1. The lowest BCUT2D eigenvalue weighted by Crippen LogP contribution is -2.20. The molecule has 0 spiro atoms. The Morgan fingerprint density at radius 1 is 0.548 bits per heavy atom. The molecule has 0 radical (unpaired) electrons. The van der Waals surface area contributed by atoms with Crippen LogP contribution in [0.3, 0.4) is 0 Å². The smallest absolute Gasteiger partial charge is 0.122 e. The van der Waals surface area contributed by atoms with Gasteiger partial charge < -0.3 is 5.11 Å². The van der Waals surface area contributed by atoms with Crippen LogP contribution >= 0.6 is 0 Å². The van der Waals surface area contributed by atoms with Crippen LogP contribution in [-0.4, -0.2) is 5.11 Å². The molecule has 0 saturated carbocycles. The Morgan fingerprint density at radius 3 is 1.32 bits per heavy atom. The Morgan fingerprint density at radius 2 is 0.935 bits per heavy atom. The number of phenols is 1. The molecule has 2 rings (SSSR count). The summed E-state index contributed by atoms with van der Waals surface area (Å²) in [5.41, 5.74) is 8.85. The van der Waals surface area contributed by atoms with Gasteiger partial charge in [-0.25, -0.2) is 0 Å². The predicted octanol–water partition coefficient (Wildman–Crippen LogP) is 8.48. The Hall–Kier alpha value is -1.76. The first-order valence-corrected chi connectivity index (χ1v) is 11.7. The Bertz CT molecular complexity index is 869. The van der Waals surface area contributed by atoms with E-state index < -0.39 is 0 Å². The maximum absolute atomic E-state index is 11.3. The normalized spacial score (nSPS) is 13.6. The molecule has 0 saturated heterocycles. The Balaban J connectivity index is 2.78. The molecule has 31 heavy (non-hydrogen) atoms. The van der Waals surface area contributed by atoms with E-state index in [1.165, 1.54) is 27.8 Å². The first-order valence-electron chi connectivity index (χ1n) is 11.7. The highest BCUT2D eigenvalue weighted by atomic mass is 16.3. The predicted molar refractivity (Wildman–Crippen MR) is 137 cm³/mol. The number of benzene rings is 2. The van der Waals surface area contributed by atoms with Gasteiger partial charge in [0, 0.05) is 6.42 Å². The molecule has 0 aliphatic carbocycles. The van der Waals surface area contributed by atoms with Crippen LogP contribution in [0.4, 0.5) is 0 Å². The van der Waals surface area contributed by atoms with Gasteiger partial charge in [-0.05, 0) is 67.5 Å². The van der Waals surface area contributed by atoms with E-state index in [9.17, 15) is 5.11 Å². The van der Waals surface area contributed by atoms with E-state index in [4.69, 9.17) is 0 Å². The first kappa shape index (κ1) is 25.5. The maximum atomic E-state index is 11.3. The second-order valence-corrected chi connectivity index (χ2v) is 13.5. The van der Waals surface area contributed by atoms with Crippen LogP contribution in [-0.2, 0) is 28.1 Å². The highest BCUT2D eigenvalue weighted by Crippen LogP contribution is 2.40. The molecule has 0 amide bonds. The number of aromatic hydroxyl groups is 1. The fraction of sp³-hybridized carbons (Fsp3) is 0.600. The summed E-state index contributed by atoms with van der Waals surface area (Å²) in [5.74, 6) is 0.457. The van der Waals surface area contributed by atoms with Crippen LogP contribution in [0.15, 0.2) is 24.3 Å². The van der Waals surface area contributed by atoms with Crippen LogP contribution in [0, 0.1) is 6.92 Å². The van der Waals surface area contributed by atoms with Crippen molar-refractivity contribution in [3.05, 3.63) is 63.2 Å². The minimum atomic E-state index is -0.112. The molecule has 1 N–H and O–H groups in total.